The number of carbonyl (C=O) groups is 1. The predicted molar refractivity (Wildman–Crippen MR) is 82.3 cm³/mol. The lowest BCUT2D eigenvalue weighted by Gasteiger charge is -2.15. The molecule has 0 saturated heterocycles. The lowest BCUT2D eigenvalue weighted by atomic mass is 10.2. The maximum absolute atomic E-state index is 13.1. The van der Waals surface area contributed by atoms with Crippen molar-refractivity contribution in [1.29, 1.82) is 0 Å². The van der Waals surface area contributed by atoms with Crippen LogP contribution in [0.5, 0.6) is 0 Å². The number of aromatic amines is 1. The highest BCUT2D eigenvalue weighted by Crippen LogP contribution is 2.17. The molecule has 1 N–H and O–H groups in total. The van der Waals surface area contributed by atoms with Crippen LogP contribution in [0.3, 0.4) is 0 Å². The van der Waals surface area contributed by atoms with Crippen LogP contribution in [0.15, 0.2) is 24.3 Å². The monoisotopic (exact) mass is 294 g/mol. The van der Waals surface area contributed by atoms with Crippen LogP contribution in [-0.2, 0) is 11.3 Å². The number of nitrogens with zero attached hydrogens (tertiary/aromatic N) is 1. The zero-order chi connectivity index (χ0) is 14.5. The van der Waals surface area contributed by atoms with Gasteiger partial charge in [-0.15, -0.1) is 0 Å². The van der Waals surface area contributed by atoms with Gasteiger partial charge in [0.1, 0.15) is 5.82 Å². The molecular formula is C15H19FN2OS. The topological polar surface area (TPSA) is 36.1 Å². The zero-order valence-electron chi connectivity index (χ0n) is 11.8. The van der Waals surface area contributed by atoms with E-state index in [4.69, 9.17) is 0 Å². The second kappa shape index (κ2) is 6.79. The van der Waals surface area contributed by atoms with Gasteiger partial charge in [0.05, 0.1) is 12.3 Å². The van der Waals surface area contributed by atoms with Crippen LogP contribution < -0.4 is 0 Å². The first-order chi connectivity index (χ1) is 9.60. The number of aromatic nitrogens is 1. The maximum Gasteiger partial charge on any atom is 0.232 e. The molecule has 0 bridgehead atoms. The summed E-state index contributed by atoms with van der Waals surface area (Å²) < 4.78 is 13.1. The van der Waals surface area contributed by atoms with E-state index >= 15 is 0 Å². The largest absolute Gasteiger partial charge is 0.357 e. The van der Waals surface area contributed by atoms with Crippen LogP contribution in [-0.4, -0.2) is 34.3 Å². The van der Waals surface area contributed by atoms with Crippen LogP contribution in [0.2, 0.25) is 0 Å². The molecule has 2 aromatic rings. The third-order valence-corrected chi connectivity index (χ3v) is 4.19. The molecule has 0 aliphatic carbocycles. The number of amides is 1. The minimum Gasteiger partial charge on any atom is -0.357 e. The fourth-order valence-corrected chi connectivity index (χ4v) is 2.83. The van der Waals surface area contributed by atoms with Crippen LogP contribution in [0.1, 0.15) is 19.0 Å². The molecule has 1 amide bonds. The Morgan fingerprint density at radius 3 is 2.95 bits per heavy atom. The van der Waals surface area contributed by atoms with Crippen molar-refractivity contribution in [1.82, 2.24) is 9.88 Å². The SMILES string of the molecule is CCCSCC(=O)N(C)Cc1cc2cc(F)ccc2[nH]1. The van der Waals surface area contributed by atoms with Crippen molar-refractivity contribution in [3.63, 3.8) is 0 Å². The van der Waals surface area contributed by atoms with Gasteiger partial charge in [-0.3, -0.25) is 4.79 Å². The molecule has 0 fully saturated rings. The Morgan fingerprint density at radius 2 is 2.20 bits per heavy atom. The number of hydrogen-bond acceptors (Lipinski definition) is 2. The standard InChI is InChI=1S/C15H19FN2OS/c1-3-6-20-10-15(19)18(2)9-13-8-11-7-12(16)4-5-14(11)17-13/h4-5,7-8,17H,3,6,9-10H2,1-2H3. The molecule has 0 saturated carbocycles. The molecule has 0 atom stereocenters. The van der Waals surface area contributed by atoms with Crippen molar-refractivity contribution in [2.24, 2.45) is 0 Å². The van der Waals surface area contributed by atoms with Gasteiger partial charge in [0.25, 0.3) is 0 Å². The molecule has 0 spiro atoms. The van der Waals surface area contributed by atoms with Gasteiger partial charge in [-0.05, 0) is 36.4 Å². The van der Waals surface area contributed by atoms with E-state index in [0.29, 0.717) is 12.3 Å². The van der Waals surface area contributed by atoms with E-state index in [1.807, 2.05) is 6.07 Å². The molecule has 108 valence electrons. The number of halogens is 1. The van der Waals surface area contributed by atoms with E-state index in [9.17, 15) is 9.18 Å². The van der Waals surface area contributed by atoms with Gasteiger partial charge in [-0.25, -0.2) is 4.39 Å². The highest BCUT2D eigenvalue weighted by molar-refractivity contribution is 7.99. The molecule has 1 aromatic heterocycles. The van der Waals surface area contributed by atoms with Gasteiger partial charge in [0.15, 0.2) is 0 Å². The van der Waals surface area contributed by atoms with Crippen molar-refractivity contribution in [3.8, 4) is 0 Å². The minimum atomic E-state index is -0.247. The predicted octanol–water partition coefficient (Wildman–Crippen LogP) is 3.41. The first-order valence-electron chi connectivity index (χ1n) is 6.69. The van der Waals surface area contributed by atoms with E-state index in [1.165, 1.54) is 12.1 Å². The molecule has 5 heteroatoms. The van der Waals surface area contributed by atoms with Gasteiger partial charge in [-0.2, -0.15) is 11.8 Å². The van der Waals surface area contributed by atoms with E-state index < -0.39 is 0 Å². The third kappa shape index (κ3) is 3.76. The van der Waals surface area contributed by atoms with E-state index in [1.54, 1.807) is 29.8 Å². The van der Waals surface area contributed by atoms with Crippen molar-refractivity contribution in [2.45, 2.75) is 19.9 Å². The molecule has 3 nitrogen and oxygen atoms in total. The number of fused-ring (bicyclic) bond motifs is 1. The maximum atomic E-state index is 13.1. The molecule has 2 rings (SSSR count). The van der Waals surface area contributed by atoms with Gasteiger partial charge in [0.2, 0.25) is 5.91 Å². The molecule has 20 heavy (non-hydrogen) atoms. The molecule has 0 unspecified atom stereocenters. The lowest BCUT2D eigenvalue weighted by Crippen LogP contribution is -2.28. The fourth-order valence-electron chi connectivity index (χ4n) is 2.01. The summed E-state index contributed by atoms with van der Waals surface area (Å²) in [6.07, 6.45) is 1.08. The van der Waals surface area contributed by atoms with Gasteiger partial charge < -0.3 is 9.88 Å². The summed E-state index contributed by atoms with van der Waals surface area (Å²) in [4.78, 5) is 16.8. The second-order valence-electron chi connectivity index (χ2n) is 4.83. The number of thioether (sulfide) groups is 1. The van der Waals surface area contributed by atoms with E-state index in [-0.39, 0.29) is 11.7 Å². The number of nitrogens with one attached hydrogen (secondary N) is 1. The van der Waals surface area contributed by atoms with Gasteiger partial charge in [0, 0.05) is 23.6 Å². The summed E-state index contributed by atoms with van der Waals surface area (Å²) in [5.74, 6) is 1.39. The van der Waals surface area contributed by atoms with Crippen molar-refractivity contribution >= 4 is 28.6 Å². The van der Waals surface area contributed by atoms with E-state index in [0.717, 1.165) is 28.8 Å². The Morgan fingerprint density at radius 1 is 1.40 bits per heavy atom. The van der Waals surface area contributed by atoms with Crippen LogP contribution in [0.25, 0.3) is 10.9 Å². The van der Waals surface area contributed by atoms with Crippen LogP contribution in [0.4, 0.5) is 4.39 Å². The third-order valence-electron chi connectivity index (χ3n) is 3.05. The first-order valence-corrected chi connectivity index (χ1v) is 7.84. The number of H-pyrrole nitrogens is 1. The Bertz CT molecular complexity index is 597. The highest BCUT2D eigenvalue weighted by atomic mass is 32.2. The average molecular weight is 294 g/mol. The fraction of sp³-hybridized carbons (Fsp3) is 0.400. The van der Waals surface area contributed by atoms with Crippen molar-refractivity contribution in [2.75, 3.05) is 18.6 Å². The number of benzene rings is 1. The zero-order valence-corrected chi connectivity index (χ0v) is 12.6. The van der Waals surface area contributed by atoms with E-state index in [2.05, 4.69) is 11.9 Å². The highest BCUT2D eigenvalue weighted by Gasteiger charge is 2.10. The number of rotatable bonds is 6. The summed E-state index contributed by atoms with van der Waals surface area (Å²) in [5, 5.41) is 0.834. The number of carbonyl (C=O) groups excluding carboxylic acids is 1. The minimum absolute atomic E-state index is 0.119. The molecule has 0 aliphatic heterocycles. The normalized spacial score (nSPS) is 10.9. The van der Waals surface area contributed by atoms with Crippen LogP contribution in [0, 0.1) is 5.82 Å². The Kier molecular flexibility index (Phi) is 5.06. The molecular weight excluding hydrogens is 275 g/mol. The Hall–Kier alpha value is -1.49. The van der Waals surface area contributed by atoms with Gasteiger partial charge >= 0.3 is 0 Å². The summed E-state index contributed by atoms with van der Waals surface area (Å²) in [5.41, 5.74) is 1.81. The second-order valence-corrected chi connectivity index (χ2v) is 5.93. The Labute approximate surface area is 122 Å². The quantitative estimate of drug-likeness (QED) is 0.829. The lowest BCUT2D eigenvalue weighted by molar-refractivity contribution is -0.127. The summed E-state index contributed by atoms with van der Waals surface area (Å²) in [6.45, 7) is 2.62. The van der Waals surface area contributed by atoms with Crippen molar-refractivity contribution in [3.05, 3.63) is 35.8 Å². The number of hydrogen-bond donors (Lipinski definition) is 1. The molecule has 0 aliphatic rings. The van der Waals surface area contributed by atoms with Crippen LogP contribution >= 0.6 is 11.8 Å². The summed E-state index contributed by atoms with van der Waals surface area (Å²) in [6, 6.07) is 6.53. The molecule has 0 radical (unpaired) electrons. The Balaban J connectivity index is 1.98. The molecule has 1 heterocycles. The molecule has 1 aromatic carbocycles. The summed E-state index contributed by atoms with van der Waals surface area (Å²) in [7, 11) is 1.79. The smallest absolute Gasteiger partial charge is 0.232 e. The van der Waals surface area contributed by atoms with Crippen molar-refractivity contribution < 1.29 is 9.18 Å². The average Bonchev–Trinajstić information content (AvgIpc) is 2.80. The first kappa shape index (κ1) is 14.9. The van der Waals surface area contributed by atoms with Gasteiger partial charge in [-0.1, -0.05) is 6.92 Å². The summed E-state index contributed by atoms with van der Waals surface area (Å²) >= 11 is 1.66.